The topological polar surface area (TPSA) is 87.1 Å². The zero-order valence-corrected chi connectivity index (χ0v) is 18.7. The number of rotatable bonds is 10. The van der Waals surface area contributed by atoms with Crippen LogP contribution in [0.4, 0.5) is 0 Å². The fraction of sp³-hybridized carbons (Fsp3) is 0.280. The van der Waals surface area contributed by atoms with Crippen molar-refractivity contribution in [3.8, 4) is 34.3 Å². The first-order valence-corrected chi connectivity index (χ1v) is 10.3. The van der Waals surface area contributed by atoms with Gasteiger partial charge in [-0.3, -0.25) is 4.98 Å². The van der Waals surface area contributed by atoms with Crippen molar-refractivity contribution in [3.05, 3.63) is 65.4 Å². The third-order valence-electron chi connectivity index (χ3n) is 5.04. The molecule has 168 valence electrons. The van der Waals surface area contributed by atoms with Crippen molar-refractivity contribution in [1.82, 2.24) is 4.98 Å². The maximum Gasteiger partial charge on any atom is 0.337 e. The molecule has 3 rings (SSSR count). The van der Waals surface area contributed by atoms with Gasteiger partial charge in [-0.15, -0.1) is 0 Å². The molecule has 32 heavy (non-hydrogen) atoms. The molecule has 0 atom stereocenters. The minimum Gasteiger partial charge on any atom is -0.493 e. The minimum atomic E-state index is -1.01. The Balaban J connectivity index is 1.96. The van der Waals surface area contributed by atoms with E-state index in [0.717, 1.165) is 11.1 Å². The van der Waals surface area contributed by atoms with Gasteiger partial charge < -0.3 is 24.1 Å². The number of aryl methyl sites for hydroxylation is 2. The van der Waals surface area contributed by atoms with Gasteiger partial charge in [-0.2, -0.15) is 0 Å². The number of aromatic carboxylic acids is 1. The van der Waals surface area contributed by atoms with Crippen LogP contribution in [0.2, 0.25) is 0 Å². The first kappa shape index (κ1) is 22.9. The molecule has 7 nitrogen and oxygen atoms in total. The zero-order valence-electron chi connectivity index (χ0n) is 18.7. The number of carbonyl (C=O) groups is 1. The predicted octanol–water partition coefficient (Wildman–Crippen LogP) is 4.66. The lowest BCUT2D eigenvalue weighted by Crippen LogP contribution is -2.08. The van der Waals surface area contributed by atoms with Gasteiger partial charge in [-0.05, 0) is 61.7 Å². The van der Waals surface area contributed by atoms with Gasteiger partial charge in [0.2, 0.25) is 5.75 Å². The van der Waals surface area contributed by atoms with E-state index in [9.17, 15) is 9.90 Å². The van der Waals surface area contributed by atoms with Crippen molar-refractivity contribution in [3.63, 3.8) is 0 Å². The third kappa shape index (κ3) is 4.94. The van der Waals surface area contributed by atoms with Crippen LogP contribution in [0, 0.1) is 0 Å². The quantitative estimate of drug-likeness (QED) is 0.494. The molecule has 0 aliphatic carbocycles. The van der Waals surface area contributed by atoms with Gasteiger partial charge in [0.15, 0.2) is 11.5 Å². The Labute approximate surface area is 187 Å². The highest BCUT2D eigenvalue weighted by molar-refractivity contribution is 5.89. The van der Waals surface area contributed by atoms with Crippen LogP contribution in [-0.4, -0.2) is 44.0 Å². The number of hydrogen-bond acceptors (Lipinski definition) is 6. The number of hydrogen-bond donors (Lipinski definition) is 1. The van der Waals surface area contributed by atoms with Gasteiger partial charge in [-0.1, -0.05) is 12.1 Å². The first-order valence-electron chi connectivity index (χ1n) is 10.3. The number of pyridine rings is 1. The second-order valence-corrected chi connectivity index (χ2v) is 6.96. The normalized spacial score (nSPS) is 10.5. The average Bonchev–Trinajstić information content (AvgIpc) is 2.82. The molecule has 3 aromatic rings. The lowest BCUT2D eigenvalue weighted by Gasteiger charge is -2.15. The summed E-state index contributed by atoms with van der Waals surface area (Å²) in [4.78, 5) is 16.5. The Morgan fingerprint density at radius 2 is 1.59 bits per heavy atom. The molecule has 1 heterocycles. The predicted molar refractivity (Wildman–Crippen MR) is 121 cm³/mol. The van der Waals surface area contributed by atoms with Gasteiger partial charge >= 0.3 is 5.97 Å². The van der Waals surface area contributed by atoms with Crippen molar-refractivity contribution in [1.29, 1.82) is 0 Å². The standard InChI is InChI=1S/C25H27NO6/c1-5-32-21-9-7-6-8-17(21)19-13-11-18(25(27)28)20(26-19)12-10-16-14-22(29-2)24(31-4)23(15-16)30-3/h6-9,11,13-15H,5,10,12H2,1-4H3,(H,27,28). The van der Waals surface area contributed by atoms with Crippen LogP contribution < -0.4 is 18.9 Å². The summed E-state index contributed by atoms with van der Waals surface area (Å²) < 4.78 is 21.9. The zero-order chi connectivity index (χ0) is 23.1. The second-order valence-electron chi connectivity index (χ2n) is 6.96. The van der Waals surface area contributed by atoms with Crippen molar-refractivity contribution in [2.45, 2.75) is 19.8 Å². The third-order valence-corrected chi connectivity index (χ3v) is 5.04. The lowest BCUT2D eigenvalue weighted by atomic mass is 10.0. The van der Waals surface area contributed by atoms with Crippen molar-refractivity contribution in [2.75, 3.05) is 27.9 Å². The van der Waals surface area contributed by atoms with Gasteiger partial charge in [0, 0.05) is 5.56 Å². The first-order chi connectivity index (χ1) is 15.5. The lowest BCUT2D eigenvalue weighted by molar-refractivity contribution is 0.0695. The maximum absolute atomic E-state index is 11.8. The Kier molecular flexibility index (Phi) is 7.54. The van der Waals surface area contributed by atoms with E-state index in [0.29, 0.717) is 53.8 Å². The average molecular weight is 437 g/mol. The molecule has 0 spiro atoms. The summed E-state index contributed by atoms with van der Waals surface area (Å²) in [5.41, 5.74) is 3.07. The second kappa shape index (κ2) is 10.5. The molecule has 0 aliphatic rings. The molecule has 0 amide bonds. The number of carboxylic acid groups (broad SMARTS) is 1. The molecular weight excluding hydrogens is 410 g/mol. The fourth-order valence-corrected chi connectivity index (χ4v) is 3.54. The van der Waals surface area contributed by atoms with E-state index >= 15 is 0 Å². The molecule has 0 unspecified atom stereocenters. The van der Waals surface area contributed by atoms with Crippen LogP contribution in [0.3, 0.4) is 0 Å². The molecule has 1 aromatic heterocycles. The van der Waals surface area contributed by atoms with Crippen LogP contribution in [0.15, 0.2) is 48.5 Å². The summed E-state index contributed by atoms with van der Waals surface area (Å²) in [7, 11) is 4.67. The maximum atomic E-state index is 11.8. The molecule has 0 radical (unpaired) electrons. The van der Waals surface area contributed by atoms with Gasteiger partial charge in [0.1, 0.15) is 5.75 Å². The molecule has 2 aromatic carbocycles. The fourth-order valence-electron chi connectivity index (χ4n) is 3.54. The molecule has 0 aliphatic heterocycles. The smallest absolute Gasteiger partial charge is 0.337 e. The van der Waals surface area contributed by atoms with E-state index in [1.54, 1.807) is 33.5 Å². The molecule has 7 heteroatoms. The van der Waals surface area contributed by atoms with Crippen LogP contribution in [0.5, 0.6) is 23.0 Å². The van der Waals surface area contributed by atoms with Crippen LogP contribution in [0.25, 0.3) is 11.3 Å². The Morgan fingerprint density at radius 1 is 0.906 bits per heavy atom. The summed E-state index contributed by atoms with van der Waals surface area (Å²) in [5, 5.41) is 9.67. The molecule has 0 saturated carbocycles. The Bertz CT molecular complexity index is 1070. The summed E-state index contributed by atoms with van der Waals surface area (Å²) in [6.07, 6.45) is 0.964. The van der Waals surface area contributed by atoms with E-state index in [-0.39, 0.29) is 5.56 Å². The summed E-state index contributed by atoms with van der Waals surface area (Å²) in [6, 6.07) is 14.6. The van der Waals surface area contributed by atoms with E-state index in [1.165, 1.54) is 0 Å². The largest absolute Gasteiger partial charge is 0.493 e. The monoisotopic (exact) mass is 437 g/mol. The number of aromatic nitrogens is 1. The highest BCUT2D eigenvalue weighted by atomic mass is 16.5. The molecule has 1 N–H and O–H groups in total. The Hall–Kier alpha value is -3.74. The van der Waals surface area contributed by atoms with E-state index in [4.69, 9.17) is 23.9 Å². The number of para-hydroxylation sites is 1. The van der Waals surface area contributed by atoms with E-state index in [1.807, 2.05) is 43.3 Å². The van der Waals surface area contributed by atoms with Crippen molar-refractivity contribution < 1.29 is 28.8 Å². The van der Waals surface area contributed by atoms with Crippen molar-refractivity contribution in [2.24, 2.45) is 0 Å². The summed E-state index contributed by atoms with van der Waals surface area (Å²) in [6.45, 7) is 2.44. The molecule has 0 fully saturated rings. The number of carboxylic acids is 1. The number of nitrogens with zero attached hydrogens (tertiary/aromatic N) is 1. The van der Waals surface area contributed by atoms with Crippen LogP contribution >= 0.6 is 0 Å². The summed E-state index contributed by atoms with van der Waals surface area (Å²) in [5.74, 6) is 1.31. The van der Waals surface area contributed by atoms with Gasteiger partial charge in [0.05, 0.1) is 44.9 Å². The number of benzene rings is 2. The Morgan fingerprint density at radius 3 is 2.19 bits per heavy atom. The number of ether oxygens (including phenoxy) is 4. The van der Waals surface area contributed by atoms with Crippen LogP contribution in [0.1, 0.15) is 28.5 Å². The van der Waals surface area contributed by atoms with Crippen LogP contribution in [-0.2, 0) is 12.8 Å². The summed E-state index contributed by atoms with van der Waals surface area (Å²) >= 11 is 0. The van der Waals surface area contributed by atoms with Gasteiger partial charge in [-0.25, -0.2) is 4.79 Å². The highest BCUT2D eigenvalue weighted by Gasteiger charge is 2.17. The minimum absolute atomic E-state index is 0.176. The van der Waals surface area contributed by atoms with Gasteiger partial charge in [0.25, 0.3) is 0 Å². The highest BCUT2D eigenvalue weighted by Crippen LogP contribution is 2.38. The molecule has 0 bridgehead atoms. The van der Waals surface area contributed by atoms with E-state index < -0.39 is 5.97 Å². The molecular formula is C25H27NO6. The van der Waals surface area contributed by atoms with E-state index in [2.05, 4.69) is 0 Å². The SMILES string of the molecule is CCOc1ccccc1-c1ccc(C(=O)O)c(CCc2cc(OC)c(OC)c(OC)c2)n1. The molecule has 0 saturated heterocycles. The number of methoxy groups -OCH3 is 3. The van der Waals surface area contributed by atoms with Crippen molar-refractivity contribution >= 4 is 5.97 Å².